The van der Waals surface area contributed by atoms with Crippen LogP contribution in [-0.2, 0) is 21.1 Å². The number of benzene rings is 2. The third kappa shape index (κ3) is 4.37. The predicted octanol–water partition coefficient (Wildman–Crippen LogP) is 3.53. The van der Waals surface area contributed by atoms with Crippen LogP contribution in [0, 0.1) is 5.92 Å². The molecule has 5 nitrogen and oxygen atoms in total. The Morgan fingerprint density at radius 2 is 1.93 bits per heavy atom. The Bertz CT molecular complexity index is 1040. The number of sulfone groups is 1. The molecule has 0 unspecified atom stereocenters. The zero-order valence-electron chi connectivity index (χ0n) is 16.4. The first kappa shape index (κ1) is 19.7. The lowest BCUT2D eigenvalue weighted by Crippen LogP contribution is -2.38. The largest absolute Gasteiger partial charge is 0.487 e. The SMILES string of the molecule is CS(=O)(=O)c1ccc(-c2cccc3c2O[C@@H](CNC(=O)[C@H]2CC=CCC2)C3)cc1. The van der Waals surface area contributed by atoms with Crippen LogP contribution in [0.1, 0.15) is 24.8 Å². The van der Waals surface area contributed by atoms with Gasteiger partial charge in [0.25, 0.3) is 0 Å². The number of rotatable bonds is 5. The quantitative estimate of drug-likeness (QED) is 0.764. The Morgan fingerprint density at radius 3 is 2.62 bits per heavy atom. The molecule has 1 heterocycles. The van der Waals surface area contributed by atoms with E-state index in [2.05, 4.69) is 17.5 Å². The molecule has 0 aromatic heterocycles. The molecule has 1 N–H and O–H groups in total. The van der Waals surface area contributed by atoms with Crippen molar-refractivity contribution in [2.45, 2.75) is 36.7 Å². The molecule has 4 rings (SSSR count). The van der Waals surface area contributed by atoms with Crippen molar-refractivity contribution >= 4 is 15.7 Å². The summed E-state index contributed by atoms with van der Waals surface area (Å²) < 4.78 is 29.6. The molecule has 2 aromatic rings. The highest BCUT2D eigenvalue weighted by Crippen LogP contribution is 2.39. The number of para-hydroxylation sites is 1. The van der Waals surface area contributed by atoms with Crippen molar-refractivity contribution in [3.8, 4) is 16.9 Å². The van der Waals surface area contributed by atoms with Gasteiger partial charge in [0.2, 0.25) is 5.91 Å². The number of hydrogen-bond donors (Lipinski definition) is 1. The highest BCUT2D eigenvalue weighted by molar-refractivity contribution is 7.90. The van der Waals surface area contributed by atoms with Gasteiger partial charge in [0.15, 0.2) is 9.84 Å². The summed E-state index contributed by atoms with van der Waals surface area (Å²) in [6.07, 6.45) is 8.74. The molecule has 1 amide bonds. The number of fused-ring (bicyclic) bond motifs is 1. The molecule has 0 fully saturated rings. The first-order valence-electron chi connectivity index (χ1n) is 9.93. The number of amides is 1. The van der Waals surface area contributed by atoms with Gasteiger partial charge in [-0.15, -0.1) is 0 Å². The van der Waals surface area contributed by atoms with Gasteiger partial charge in [-0.2, -0.15) is 0 Å². The molecule has 0 bridgehead atoms. The molecule has 1 aliphatic carbocycles. The fourth-order valence-corrected chi connectivity index (χ4v) is 4.58. The van der Waals surface area contributed by atoms with E-state index in [1.54, 1.807) is 24.3 Å². The van der Waals surface area contributed by atoms with E-state index in [0.717, 1.165) is 48.1 Å². The second-order valence-corrected chi connectivity index (χ2v) is 9.78. The van der Waals surface area contributed by atoms with Gasteiger partial charge >= 0.3 is 0 Å². The Balaban J connectivity index is 1.45. The van der Waals surface area contributed by atoms with Crippen LogP contribution in [0.25, 0.3) is 11.1 Å². The van der Waals surface area contributed by atoms with Crippen molar-refractivity contribution in [2.24, 2.45) is 5.92 Å². The van der Waals surface area contributed by atoms with E-state index in [1.165, 1.54) is 6.26 Å². The normalized spacial score (nSPS) is 20.7. The third-order valence-electron chi connectivity index (χ3n) is 5.57. The summed E-state index contributed by atoms with van der Waals surface area (Å²) in [5, 5.41) is 3.05. The predicted molar refractivity (Wildman–Crippen MR) is 113 cm³/mol. The zero-order valence-corrected chi connectivity index (χ0v) is 17.2. The minimum Gasteiger partial charge on any atom is -0.487 e. The number of carbonyl (C=O) groups excluding carboxylic acids is 1. The first-order chi connectivity index (χ1) is 13.9. The van der Waals surface area contributed by atoms with Gasteiger partial charge in [-0.1, -0.05) is 42.5 Å². The highest BCUT2D eigenvalue weighted by Gasteiger charge is 2.27. The highest BCUT2D eigenvalue weighted by atomic mass is 32.2. The molecular weight excluding hydrogens is 386 g/mol. The fraction of sp³-hybridized carbons (Fsp3) is 0.348. The van der Waals surface area contributed by atoms with Crippen molar-refractivity contribution in [3.05, 3.63) is 60.2 Å². The summed E-state index contributed by atoms with van der Waals surface area (Å²) in [5.41, 5.74) is 2.95. The molecular formula is C23H25NO4S. The van der Waals surface area contributed by atoms with Gasteiger partial charge in [0, 0.05) is 24.2 Å². The second-order valence-electron chi connectivity index (χ2n) is 7.76. The van der Waals surface area contributed by atoms with E-state index >= 15 is 0 Å². The van der Waals surface area contributed by atoms with Crippen LogP contribution in [0.15, 0.2) is 59.5 Å². The van der Waals surface area contributed by atoms with Crippen LogP contribution in [0.4, 0.5) is 0 Å². The van der Waals surface area contributed by atoms with Crippen molar-refractivity contribution < 1.29 is 17.9 Å². The van der Waals surface area contributed by atoms with Crippen molar-refractivity contribution in [1.29, 1.82) is 0 Å². The maximum Gasteiger partial charge on any atom is 0.223 e. The van der Waals surface area contributed by atoms with E-state index in [0.29, 0.717) is 11.4 Å². The summed E-state index contributed by atoms with van der Waals surface area (Å²) in [7, 11) is -3.22. The number of nitrogens with one attached hydrogen (secondary N) is 1. The first-order valence-corrected chi connectivity index (χ1v) is 11.8. The van der Waals surface area contributed by atoms with Gasteiger partial charge < -0.3 is 10.1 Å². The van der Waals surface area contributed by atoms with Gasteiger partial charge in [0.05, 0.1) is 11.4 Å². The molecule has 0 saturated carbocycles. The van der Waals surface area contributed by atoms with Crippen molar-refractivity contribution in [3.63, 3.8) is 0 Å². The summed E-state index contributed by atoms with van der Waals surface area (Å²) in [4.78, 5) is 12.7. The Hall–Kier alpha value is -2.60. The van der Waals surface area contributed by atoms with E-state index in [9.17, 15) is 13.2 Å². The minimum atomic E-state index is -3.22. The van der Waals surface area contributed by atoms with Crippen molar-refractivity contribution in [2.75, 3.05) is 12.8 Å². The molecule has 6 heteroatoms. The molecule has 29 heavy (non-hydrogen) atoms. The van der Waals surface area contributed by atoms with E-state index in [-0.39, 0.29) is 17.9 Å². The molecule has 2 atom stereocenters. The molecule has 2 aliphatic rings. The van der Waals surface area contributed by atoms with Gasteiger partial charge in [-0.25, -0.2) is 8.42 Å². The Kier molecular flexibility index (Phi) is 5.46. The molecule has 1 aliphatic heterocycles. The number of hydrogen-bond acceptors (Lipinski definition) is 4. The maximum atomic E-state index is 12.4. The van der Waals surface area contributed by atoms with E-state index in [4.69, 9.17) is 4.74 Å². The smallest absolute Gasteiger partial charge is 0.223 e. The van der Waals surface area contributed by atoms with E-state index < -0.39 is 9.84 Å². The molecule has 0 spiro atoms. The minimum absolute atomic E-state index is 0.0627. The lowest BCUT2D eigenvalue weighted by atomic mass is 9.93. The number of carbonyl (C=O) groups is 1. The monoisotopic (exact) mass is 411 g/mol. The topological polar surface area (TPSA) is 72.5 Å². The fourth-order valence-electron chi connectivity index (χ4n) is 3.95. The second kappa shape index (κ2) is 8.03. The molecule has 0 radical (unpaired) electrons. The maximum absolute atomic E-state index is 12.4. The summed E-state index contributed by atoms with van der Waals surface area (Å²) in [6.45, 7) is 0.486. The summed E-state index contributed by atoms with van der Waals surface area (Å²) >= 11 is 0. The summed E-state index contributed by atoms with van der Waals surface area (Å²) in [5.74, 6) is 0.984. The zero-order chi connectivity index (χ0) is 20.4. The molecule has 152 valence electrons. The molecule has 0 saturated heterocycles. The average Bonchev–Trinajstić information content (AvgIpc) is 3.15. The van der Waals surface area contributed by atoms with Crippen LogP contribution in [-0.4, -0.2) is 33.2 Å². The van der Waals surface area contributed by atoms with Gasteiger partial charge in [0.1, 0.15) is 11.9 Å². The Labute approximate surface area is 171 Å². The van der Waals surface area contributed by atoms with Crippen LogP contribution in [0.5, 0.6) is 5.75 Å². The van der Waals surface area contributed by atoms with Crippen LogP contribution in [0.3, 0.4) is 0 Å². The van der Waals surface area contributed by atoms with Crippen LogP contribution in [0.2, 0.25) is 0 Å². The summed E-state index contributed by atoms with van der Waals surface area (Å²) in [6, 6.07) is 12.9. The van der Waals surface area contributed by atoms with E-state index in [1.807, 2.05) is 18.2 Å². The standard InChI is InChI=1S/C23H25NO4S/c1-29(26,27)20-12-10-16(11-13-20)21-9-5-8-18-14-19(28-22(18)21)15-24-23(25)17-6-3-2-4-7-17/h2-3,5,8-13,17,19H,4,6-7,14-15H2,1H3,(H,24,25)/t17-,19+/m0/s1. The average molecular weight is 412 g/mol. The van der Waals surface area contributed by atoms with Crippen LogP contribution < -0.4 is 10.1 Å². The third-order valence-corrected chi connectivity index (χ3v) is 6.69. The number of allylic oxidation sites excluding steroid dienone is 2. The molecule has 2 aromatic carbocycles. The lowest BCUT2D eigenvalue weighted by molar-refractivity contribution is -0.125. The lowest BCUT2D eigenvalue weighted by Gasteiger charge is -2.19. The van der Waals surface area contributed by atoms with Gasteiger partial charge in [-0.05, 0) is 42.5 Å². The van der Waals surface area contributed by atoms with Crippen LogP contribution >= 0.6 is 0 Å². The van der Waals surface area contributed by atoms with Crippen molar-refractivity contribution in [1.82, 2.24) is 5.32 Å². The van der Waals surface area contributed by atoms with Gasteiger partial charge in [-0.3, -0.25) is 4.79 Å². The Morgan fingerprint density at radius 1 is 1.14 bits per heavy atom. The number of ether oxygens (including phenoxy) is 1.